The molecule has 0 spiro atoms. The zero-order chi connectivity index (χ0) is 24.8. The highest BCUT2D eigenvalue weighted by Gasteiger charge is 2.13. The van der Waals surface area contributed by atoms with Crippen LogP contribution in [0.2, 0.25) is 0 Å². The van der Waals surface area contributed by atoms with Gasteiger partial charge in [-0.25, -0.2) is 8.42 Å². The molecule has 0 aromatic heterocycles. The average Bonchev–Trinajstić information content (AvgIpc) is 2.78. The first-order valence-electron chi connectivity index (χ1n) is 13.6. The lowest BCUT2D eigenvalue weighted by molar-refractivity contribution is -0.890. The molecule has 0 aliphatic carbocycles. The zero-order valence-electron chi connectivity index (χ0n) is 22.2. The first-order valence-corrected chi connectivity index (χ1v) is 15.0. The molecule has 0 heterocycles. The maximum absolute atomic E-state index is 10.3. The minimum Gasteiger partial charge on any atom is -0.744 e. The van der Waals surface area contributed by atoms with Crippen molar-refractivity contribution in [1.82, 2.24) is 0 Å². The van der Waals surface area contributed by atoms with E-state index in [1.54, 1.807) is 6.07 Å². The summed E-state index contributed by atoms with van der Waals surface area (Å²) in [5, 5.41) is 0. The molecule has 0 aliphatic rings. The lowest BCUT2D eigenvalue weighted by Gasteiger charge is -2.30. The fourth-order valence-corrected chi connectivity index (χ4v) is 4.54. The lowest BCUT2D eigenvalue weighted by Crippen LogP contribution is -2.41. The highest BCUT2D eigenvalue weighted by Crippen LogP contribution is 2.13. The summed E-state index contributed by atoms with van der Waals surface area (Å²) >= 11 is 0. The number of rotatable bonds is 19. The van der Waals surface area contributed by atoms with Gasteiger partial charge in [0.2, 0.25) is 0 Å². The van der Waals surface area contributed by atoms with E-state index in [0.29, 0.717) is 0 Å². The summed E-state index contributed by atoms with van der Waals surface area (Å²) in [4.78, 5) is -0.185. The van der Waals surface area contributed by atoms with Gasteiger partial charge in [-0.05, 0) is 37.8 Å². The van der Waals surface area contributed by atoms with E-state index >= 15 is 0 Å². The number of benzene rings is 1. The molecule has 0 saturated carbocycles. The number of unbranched alkanes of at least 4 members (excludes halogenated alkanes) is 14. The normalized spacial score (nSPS) is 11.8. The van der Waals surface area contributed by atoms with E-state index < -0.39 is 10.1 Å². The van der Waals surface area contributed by atoms with Crippen molar-refractivity contribution in [3.63, 3.8) is 0 Å². The Hall–Kier alpha value is -0.910. The van der Waals surface area contributed by atoms with Gasteiger partial charge in [0, 0.05) is 0 Å². The Morgan fingerprint density at radius 1 is 0.606 bits per heavy atom. The summed E-state index contributed by atoms with van der Waals surface area (Å²) in [6.07, 6.45) is 23.0. The third kappa shape index (κ3) is 21.4. The second kappa shape index (κ2) is 20.5. The van der Waals surface area contributed by atoms with Gasteiger partial charge in [-0.2, -0.15) is 0 Å². The highest BCUT2D eigenvalue weighted by molar-refractivity contribution is 7.85. The fourth-order valence-electron chi connectivity index (χ4n) is 4.05. The summed E-state index contributed by atoms with van der Waals surface area (Å²) in [6.45, 7) is 7.36. The summed E-state index contributed by atoms with van der Waals surface area (Å²) in [6, 6.07) is 7.19. The van der Waals surface area contributed by atoms with Crippen molar-refractivity contribution in [2.24, 2.45) is 0 Å². The Morgan fingerprint density at radius 2 is 0.939 bits per heavy atom. The predicted octanol–water partition coefficient (Wildman–Crippen LogP) is 7.93. The average molecular weight is 484 g/mol. The van der Waals surface area contributed by atoms with Crippen molar-refractivity contribution >= 4 is 10.1 Å². The monoisotopic (exact) mass is 483 g/mol. The minimum atomic E-state index is -4.25. The van der Waals surface area contributed by atoms with Crippen molar-refractivity contribution in [2.45, 2.75) is 121 Å². The number of quaternary nitrogens is 1. The van der Waals surface area contributed by atoms with E-state index in [-0.39, 0.29) is 4.90 Å². The van der Waals surface area contributed by atoms with Crippen LogP contribution in [-0.2, 0) is 10.1 Å². The molecule has 0 radical (unpaired) electrons. The van der Waals surface area contributed by atoms with E-state index in [0.717, 1.165) is 0 Å². The van der Waals surface area contributed by atoms with Crippen LogP contribution in [0.15, 0.2) is 35.2 Å². The van der Waals surface area contributed by atoms with Gasteiger partial charge >= 0.3 is 0 Å². The topological polar surface area (TPSA) is 57.2 Å². The van der Waals surface area contributed by atoms with E-state index in [9.17, 15) is 13.0 Å². The zero-order valence-corrected chi connectivity index (χ0v) is 23.0. The molecule has 0 bridgehead atoms. The van der Waals surface area contributed by atoms with Crippen molar-refractivity contribution in [3.05, 3.63) is 30.3 Å². The van der Waals surface area contributed by atoms with Crippen LogP contribution < -0.4 is 0 Å². The Kier molecular flexibility index (Phi) is 19.9. The smallest absolute Gasteiger partial charge is 0.124 e. The molecule has 0 N–H and O–H groups in total. The molecule has 0 aliphatic heterocycles. The third-order valence-corrected chi connectivity index (χ3v) is 7.12. The Labute approximate surface area is 206 Å². The maximum Gasteiger partial charge on any atom is 0.124 e. The molecule has 4 nitrogen and oxygen atoms in total. The Balaban J connectivity index is 0.000000843. The van der Waals surface area contributed by atoms with Crippen LogP contribution in [0.1, 0.15) is 117 Å². The quantitative estimate of drug-likeness (QED) is 0.114. The van der Waals surface area contributed by atoms with E-state index in [1.807, 2.05) is 0 Å². The van der Waals surface area contributed by atoms with Gasteiger partial charge in [0.05, 0.1) is 32.1 Å². The maximum atomic E-state index is 10.3. The standard InChI is InChI=1S/C22H48N.C6H6O3S/c1-5-7-9-11-13-15-17-19-21-23(3,4)22-20-18-16-14-12-10-8-6-2;7-10(8,9)6-4-2-1-3-5-6/h5-22H2,1-4H3;1-5H,(H,7,8,9)/q+1;/p-1. The Bertz CT molecular complexity index is 622. The van der Waals surface area contributed by atoms with Crippen LogP contribution in [0.3, 0.4) is 0 Å². The van der Waals surface area contributed by atoms with E-state index in [4.69, 9.17) is 0 Å². The lowest BCUT2D eigenvalue weighted by atomic mass is 10.1. The van der Waals surface area contributed by atoms with Crippen LogP contribution in [0, 0.1) is 0 Å². The van der Waals surface area contributed by atoms with Gasteiger partial charge in [-0.3, -0.25) is 0 Å². The highest BCUT2D eigenvalue weighted by atomic mass is 32.2. The van der Waals surface area contributed by atoms with Crippen molar-refractivity contribution in [2.75, 3.05) is 27.2 Å². The van der Waals surface area contributed by atoms with E-state index in [1.165, 1.54) is 145 Å². The van der Waals surface area contributed by atoms with Gasteiger partial charge in [0.15, 0.2) is 0 Å². The third-order valence-electron chi connectivity index (χ3n) is 6.27. The van der Waals surface area contributed by atoms with Crippen LogP contribution in [0.4, 0.5) is 0 Å². The van der Waals surface area contributed by atoms with Crippen LogP contribution >= 0.6 is 0 Å². The second-order valence-corrected chi connectivity index (χ2v) is 11.5. The molecule has 194 valence electrons. The molecule has 0 atom stereocenters. The van der Waals surface area contributed by atoms with Crippen molar-refractivity contribution < 1.29 is 17.5 Å². The molecule has 0 fully saturated rings. The largest absolute Gasteiger partial charge is 0.744 e. The summed E-state index contributed by atoms with van der Waals surface area (Å²) in [5.41, 5.74) is 0. The molecule has 5 heteroatoms. The number of hydrogen-bond acceptors (Lipinski definition) is 3. The molecule has 1 aromatic rings. The Morgan fingerprint density at radius 3 is 1.24 bits per heavy atom. The van der Waals surface area contributed by atoms with Gasteiger partial charge < -0.3 is 9.04 Å². The molecule has 33 heavy (non-hydrogen) atoms. The molecule has 1 rings (SSSR count). The second-order valence-electron chi connectivity index (χ2n) is 10.1. The number of hydrogen-bond donors (Lipinski definition) is 0. The van der Waals surface area contributed by atoms with Crippen LogP contribution in [0.25, 0.3) is 0 Å². The molecule has 0 amide bonds. The molecular formula is C28H53NO3S. The van der Waals surface area contributed by atoms with E-state index in [2.05, 4.69) is 27.9 Å². The first kappa shape index (κ1) is 32.1. The summed E-state index contributed by atoms with van der Waals surface area (Å²) in [7, 11) is 0.613. The minimum absolute atomic E-state index is 0.185. The molecular weight excluding hydrogens is 430 g/mol. The molecule has 0 saturated heterocycles. The van der Waals surface area contributed by atoms with Crippen molar-refractivity contribution in [3.8, 4) is 0 Å². The molecule has 0 unspecified atom stereocenters. The van der Waals surface area contributed by atoms with Crippen LogP contribution in [0.5, 0.6) is 0 Å². The van der Waals surface area contributed by atoms with Crippen molar-refractivity contribution in [1.29, 1.82) is 0 Å². The SMILES string of the molecule is CCCCCCCCCC[N+](C)(C)CCCCCCCCCC.O=S(=O)([O-])c1ccccc1. The first-order chi connectivity index (χ1) is 15.7. The predicted molar refractivity (Wildman–Crippen MR) is 141 cm³/mol. The van der Waals surface area contributed by atoms with Gasteiger partial charge in [0.1, 0.15) is 10.1 Å². The fraction of sp³-hybridized carbons (Fsp3) is 0.786. The molecule has 1 aromatic carbocycles. The van der Waals surface area contributed by atoms with Gasteiger partial charge in [-0.15, -0.1) is 0 Å². The number of nitrogens with zero attached hydrogens (tertiary/aromatic N) is 1. The summed E-state index contributed by atoms with van der Waals surface area (Å²) < 4.78 is 32.1. The van der Waals surface area contributed by atoms with Gasteiger partial charge in [-0.1, -0.05) is 109 Å². The van der Waals surface area contributed by atoms with Gasteiger partial charge in [0.25, 0.3) is 0 Å². The summed E-state index contributed by atoms with van der Waals surface area (Å²) in [5.74, 6) is 0. The van der Waals surface area contributed by atoms with Crippen LogP contribution in [-0.4, -0.2) is 44.6 Å².